The number of carbonyl (C=O) groups excluding carboxylic acids is 1. The molecule has 7 heteroatoms. The highest BCUT2D eigenvalue weighted by Gasteiger charge is 2.36. The number of nitrogens with two attached hydrogens (primary N) is 1. The number of hydrogen-bond acceptors (Lipinski definition) is 3. The molecule has 1 atom stereocenters. The van der Waals surface area contributed by atoms with Crippen molar-refractivity contribution in [2.45, 2.75) is 71.6 Å². The van der Waals surface area contributed by atoms with E-state index in [1.165, 1.54) is 12.1 Å². The SMILES string of the molecule is CC1=CC(C(=O)Nc2cccc(C(F)(F)F)c2)C=C(C(C)(C)C)N1C1CCC(N)CC1. The van der Waals surface area contributed by atoms with E-state index in [1.807, 2.05) is 19.1 Å². The lowest BCUT2D eigenvalue weighted by atomic mass is 9.82. The van der Waals surface area contributed by atoms with E-state index in [0.717, 1.165) is 49.2 Å². The Morgan fingerprint density at radius 2 is 1.74 bits per heavy atom. The van der Waals surface area contributed by atoms with Gasteiger partial charge in [0.05, 0.1) is 11.5 Å². The molecule has 1 heterocycles. The summed E-state index contributed by atoms with van der Waals surface area (Å²) in [6.45, 7) is 8.33. The number of anilines is 1. The minimum atomic E-state index is -4.45. The highest BCUT2D eigenvalue weighted by Crippen LogP contribution is 2.40. The first kappa shape index (κ1) is 23.4. The molecular weight excluding hydrogens is 403 g/mol. The molecule has 1 aliphatic carbocycles. The van der Waals surface area contributed by atoms with E-state index in [4.69, 9.17) is 5.73 Å². The zero-order chi connectivity index (χ0) is 23.0. The molecule has 1 aromatic carbocycles. The number of nitrogens with zero attached hydrogens (tertiary/aromatic N) is 1. The second-order valence-electron chi connectivity index (χ2n) is 9.64. The summed E-state index contributed by atoms with van der Waals surface area (Å²) in [5.41, 5.74) is 7.31. The fourth-order valence-corrected chi connectivity index (χ4v) is 4.43. The smallest absolute Gasteiger partial charge is 0.346 e. The fourth-order valence-electron chi connectivity index (χ4n) is 4.43. The number of amides is 1. The average molecular weight is 436 g/mol. The number of hydrogen-bond donors (Lipinski definition) is 2. The van der Waals surface area contributed by atoms with Gasteiger partial charge in [-0.1, -0.05) is 26.8 Å². The van der Waals surface area contributed by atoms with Crippen LogP contribution in [0.1, 0.15) is 58.9 Å². The van der Waals surface area contributed by atoms with Gasteiger partial charge in [0.25, 0.3) is 0 Å². The molecule has 1 fully saturated rings. The van der Waals surface area contributed by atoms with Crippen LogP contribution in [0.3, 0.4) is 0 Å². The number of carbonyl (C=O) groups is 1. The Morgan fingerprint density at radius 1 is 1.10 bits per heavy atom. The predicted molar refractivity (Wildman–Crippen MR) is 117 cm³/mol. The fraction of sp³-hybridized carbons (Fsp3) is 0.542. The van der Waals surface area contributed by atoms with Crippen LogP contribution < -0.4 is 11.1 Å². The Morgan fingerprint density at radius 3 is 2.32 bits per heavy atom. The quantitative estimate of drug-likeness (QED) is 0.642. The molecule has 0 aromatic heterocycles. The first-order valence-corrected chi connectivity index (χ1v) is 10.8. The zero-order valence-electron chi connectivity index (χ0n) is 18.6. The van der Waals surface area contributed by atoms with Crippen LogP contribution in [0.5, 0.6) is 0 Å². The molecule has 4 nitrogen and oxygen atoms in total. The summed E-state index contributed by atoms with van der Waals surface area (Å²) in [5.74, 6) is -0.892. The molecule has 1 amide bonds. The summed E-state index contributed by atoms with van der Waals surface area (Å²) in [4.78, 5) is 15.3. The molecule has 1 aromatic rings. The van der Waals surface area contributed by atoms with Crippen LogP contribution in [0, 0.1) is 11.3 Å². The second kappa shape index (κ2) is 8.69. The van der Waals surface area contributed by atoms with Gasteiger partial charge in [-0.25, -0.2) is 0 Å². The van der Waals surface area contributed by atoms with Crippen molar-refractivity contribution >= 4 is 11.6 Å². The van der Waals surface area contributed by atoms with Crippen molar-refractivity contribution in [3.05, 3.63) is 53.4 Å². The summed E-state index contributed by atoms with van der Waals surface area (Å²) < 4.78 is 39.0. The van der Waals surface area contributed by atoms with Crippen LogP contribution in [0.4, 0.5) is 18.9 Å². The van der Waals surface area contributed by atoms with Gasteiger partial charge in [0.1, 0.15) is 0 Å². The van der Waals surface area contributed by atoms with Gasteiger partial charge in [0.2, 0.25) is 5.91 Å². The Balaban J connectivity index is 1.84. The van der Waals surface area contributed by atoms with E-state index in [2.05, 4.69) is 31.0 Å². The van der Waals surface area contributed by atoms with Gasteiger partial charge in [-0.3, -0.25) is 4.79 Å². The van der Waals surface area contributed by atoms with Gasteiger partial charge >= 0.3 is 6.18 Å². The predicted octanol–water partition coefficient (Wildman–Crippen LogP) is 5.68. The summed E-state index contributed by atoms with van der Waals surface area (Å²) in [7, 11) is 0. The van der Waals surface area contributed by atoms with Gasteiger partial charge in [-0.15, -0.1) is 0 Å². The molecule has 170 valence electrons. The second-order valence-corrected chi connectivity index (χ2v) is 9.64. The summed E-state index contributed by atoms with van der Waals surface area (Å²) in [6, 6.07) is 5.31. The van der Waals surface area contributed by atoms with E-state index < -0.39 is 17.7 Å². The van der Waals surface area contributed by atoms with Gasteiger partial charge in [-0.05, 0) is 63.0 Å². The highest BCUT2D eigenvalue weighted by molar-refractivity contribution is 5.95. The molecule has 3 N–H and O–H groups in total. The molecule has 1 unspecified atom stereocenters. The number of benzene rings is 1. The van der Waals surface area contributed by atoms with Gasteiger partial charge in [0, 0.05) is 34.6 Å². The van der Waals surface area contributed by atoms with E-state index in [1.54, 1.807) is 0 Å². The Hall–Kier alpha value is -2.28. The molecule has 31 heavy (non-hydrogen) atoms. The summed E-state index contributed by atoms with van der Waals surface area (Å²) in [6.07, 6.45) is 3.35. The summed E-state index contributed by atoms with van der Waals surface area (Å²) in [5, 5.41) is 2.65. The van der Waals surface area contributed by atoms with E-state index >= 15 is 0 Å². The third kappa shape index (κ3) is 5.50. The van der Waals surface area contributed by atoms with Gasteiger partial charge in [0.15, 0.2) is 0 Å². The standard InChI is InChI=1S/C24H32F3N3O/c1-15-12-16(22(31)29-19-7-5-6-17(14-19)24(25,26)27)13-21(23(2,3)4)30(15)20-10-8-18(28)9-11-20/h5-7,12-14,16,18,20H,8-11,28H2,1-4H3,(H,29,31). The number of nitrogens with one attached hydrogen (secondary N) is 1. The number of rotatable bonds is 3. The van der Waals surface area contributed by atoms with Gasteiger partial charge in [-0.2, -0.15) is 13.2 Å². The van der Waals surface area contributed by atoms with E-state index in [9.17, 15) is 18.0 Å². The van der Waals surface area contributed by atoms with Crippen molar-refractivity contribution in [3.8, 4) is 0 Å². The zero-order valence-corrected chi connectivity index (χ0v) is 18.6. The van der Waals surface area contributed by atoms with Crippen molar-refractivity contribution < 1.29 is 18.0 Å². The molecule has 1 saturated carbocycles. The molecule has 1 aliphatic heterocycles. The van der Waals surface area contributed by atoms with Crippen LogP contribution in [-0.2, 0) is 11.0 Å². The third-order valence-electron chi connectivity index (χ3n) is 6.03. The molecule has 2 aliphatic rings. The normalized spacial score (nSPS) is 25.0. The van der Waals surface area contributed by atoms with E-state index in [0.29, 0.717) is 6.04 Å². The lowest BCUT2D eigenvalue weighted by Crippen LogP contribution is -2.44. The molecule has 0 radical (unpaired) electrons. The molecule has 0 spiro atoms. The maximum atomic E-state index is 13.0. The van der Waals surface area contributed by atoms with Crippen LogP contribution in [0.15, 0.2) is 47.8 Å². The van der Waals surface area contributed by atoms with Crippen LogP contribution >= 0.6 is 0 Å². The van der Waals surface area contributed by atoms with Crippen LogP contribution in [0.2, 0.25) is 0 Å². The Kier molecular flexibility index (Phi) is 6.56. The van der Waals surface area contributed by atoms with Gasteiger partial charge < -0.3 is 16.0 Å². The first-order chi connectivity index (χ1) is 14.4. The minimum Gasteiger partial charge on any atom is -0.346 e. The largest absolute Gasteiger partial charge is 0.416 e. The molecular formula is C24H32F3N3O. The maximum Gasteiger partial charge on any atom is 0.416 e. The lowest BCUT2D eigenvalue weighted by molar-refractivity contribution is -0.137. The van der Waals surface area contributed by atoms with Crippen molar-refractivity contribution in [2.75, 3.05) is 5.32 Å². The summed E-state index contributed by atoms with van der Waals surface area (Å²) >= 11 is 0. The van der Waals surface area contributed by atoms with Crippen molar-refractivity contribution in [3.63, 3.8) is 0 Å². The molecule has 0 saturated heterocycles. The van der Waals surface area contributed by atoms with E-state index in [-0.39, 0.29) is 23.1 Å². The Bertz CT molecular complexity index is 875. The Labute approximate surface area is 182 Å². The number of alkyl halides is 3. The van der Waals surface area contributed by atoms with Crippen molar-refractivity contribution in [1.82, 2.24) is 4.90 Å². The first-order valence-electron chi connectivity index (χ1n) is 10.8. The van der Waals surface area contributed by atoms with Crippen LogP contribution in [-0.4, -0.2) is 22.9 Å². The molecule has 0 bridgehead atoms. The topological polar surface area (TPSA) is 58.4 Å². The number of halogens is 3. The van der Waals surface area contributed by atoms with Crippen molar-refractivity contribution in [2.24, 2.45) is 17.1 Å². The van der Waals surface area contributed by atoms with Crippen molar-refractivity contribution in [1.29, 1.82) is 0 Å². The monoisotopic (exact) mass is 435 g/mol. The third-order valence-corrected chi connectivity index (χ3v) is 6.03. The highest BCUT2D eigenvalue weighted by atomic mass is 19.4. The number of allylic oxidation sites excluding steroid dienone is 2. The average Bonchev–Trinajstić information content (AvgIpc) is 2.67. The lowest BCUT2D eigenvalue weighted by Gasteiger charge is -2.46. The molecule has 3 rings (SSSR count). The van der Waals surface area contributed by atoms with Crippen LogP contribution in [0.25, 0.3) is 0 Å². The maximum absolute atomic E-state index is 13.0. The minimum absolute atomic E-state index is 0.139.